The SMILES string of the molecule is CCNC(=NCC(C)(O)c1cccs1)NCCCCN1CCC(C(N)=O)CC1. The minimum atomic E-state index is -0.951. The number of amides is 1. The van der Waals surface area contributed by atoms with E-state index in [0.717, 1.165) is 69.2 Å². The second-order valence-corrected chi connectivity index (χ2v) is 8.55. The number of hydrogen-bond acceptors (Lipinski definition) is 5. The van der Waals surface area contributed by atoms with Crippen LogP contribution in [0.1, 0.15) is 44.4 Å². The highest BCUT2D eigenvalue weighted by Crippen LogP contribution is 2.25. The first-order valence-electron chi connectivity index (χ1n) is 10.2. The van der Waals surface area contributed by atoms with Crippen LogP contribution >= 0.6 is 11.3 Å². The number of nitrogens with two attached hydrogens (primary N) is 1. The molecule has 7 nitrogen and oxygen atoms in total. The molecule has 158 valence electrons. The van der Waals surface area contributed by atoms with Crippen molar-refractivity contribution in [3.05, 3.63) is 22.4 Å². The molecular formula is C20H35N5O2S. The molecule has 2 rings (SSSR count). The van der Waals surface area contributed by atoms with Crippen LogP contribution in [0, 0.1) is 5.92 Å². The molecule has 1 fully saturated rings. The van der Waals surface area contributed by atoms with Gasteiger partial charge in [0.05, 0.1) is 6.54 Å². The van der Waals surface area contributed by atoms with Gasteiger partial charge in [-0.25, -0.2) is 4.99 Å². The van der Waals surface area contributed by atoms with Crippen molar-refractivity contribution in [2.24, 2.45) is 16.6 Å². The molecule has 1 amide bonds. The van der Waals surface area contributed by atoms with Crippen LogP contribution in [-0.2, 0) is 10.4 Å². The summed E-state index contributed by atoms with van der Waals surface area (Å²) in [5, 5.41) is 19.2. The monoisotopic (exact) mass is 409 g/mol. The fourth-order valence-corrected chi connectivity index (χ4v) is 4.13. The molecule has 5 N–H and O–H groups in total. The van der Waals surface area contributed by atoms with Crippen LogP contribution < -0.4 is 16.4 Å². The van der Waals surface area contributed by atoms with E-state index in [0.29, 0.717) is 6.54 Å². The normalized spacial score (nSPS) is 18.6. The first kappa shape index (κ1) is 22.6. The van der Waals surface area contributed by atoms with Gasteiger partial charge in [0.25, 0.3) is 0 Å². The third-order valence-electron chi connectivity index (χ3n) is 5.12. The van der Waals surface area contributed by atoms with Crippen molar-refractivity contribution in [2.75, 3.05) is 39.3 Å². The number of primary amides is 1. The zero-order valence-electron chi connectivity index (χ0n) is 17.1. The van der Waals surface area contributed by atoms with Crippen molar-refractivity contribution < 1.29 is 9.90 Å². The van der Waals surface area contributed by atoms with E-state index in [-0.39, 0.29) is 11.8 Å². The molecule has 0 aromatic carbocycles. The number of likely N-dealkylation sites (tertiary alicyclic amines) is 1. The third kappa shape index (κ3) is 7.41. The lowest BCUT2D eigenvalue weighted by Gasteiger charge is -2.30. The van der Waals surface area contributed by atoms with Crippen LogP contribution in [-0.4, -0.2) is 61.1 Å². The Kier molecular flexibility index (Phi) is 9.21. The Bertz CT molecular complexity index is 610. The van der Waals surface area contributed by atoms with Crippen molar-refractivity contribution in [1.29, 1.82) is 0 Å². The van der Waals surface area contributed by atoms with Crippen molar-refractivity contribution in [2.45, 2.75) is 45.1 Å². The van der Waals surface area contributed by atoms with Gasteiger partial charge in [-0.15, -0.1) is 11.3 Å². The number of thiophene rings is 1. The standard InChI is InChI=1S/C20H35N5O2S/c1-3-22-19(24-15-20(2,27)17-7-6-14-28-17)23-10-4-5-11-25-12-8-16(9-13-25)18(21)26/h6-7,14,16,27H,3-5,8-13,15H2,1-2H3,(H2,21,26)(H2,22,23,24). The van der Waals surface area contributed by atoms with Crippen LogP contribution in [0.2, 0.25) is 0 Å². The van der Waals surface area contributed by atoms with Gasteiger partial charge >= 0.3 is 0 Å². The molecule has 1 atom stereocenters. The lowest BCUT2D eigenvalue weighted by Crippen LogP contribution is -2.40. The summed E-state index contributed by atoms with van der Waals surface area (Å²) in [7, 11) is 0. The van der Waals surface area contributed by atoms with Gasteiger partial charge in [0.2, 0.25) is 5.91 Å². The van der Waals surface area contributed by atoms with Crippen LogP contribution in [0.5, 0.6) is 0 Å². The lowest BCUT2D eigenvalue weighted by molar-refractivity contribution is -0.123. The summed E-state index contributed by atoms with van der Waals surface area (Å²) in [5.41, 5.74) is 4.44. The van der Waals surface area contributed by atoms with Gasteiger partial charge in [0.15, 0.2) is 5.96 Å². The minimum Gasteiger partial charge on any atom is -0.383 e. The van der Waals surface area contributed by atoms with E-state index in [1.165, 1.54) is 0 Å². The number of carbonyl (C=O) groups is 1. The molecule has 2 heterocycles. The maximum absolute atomic E-state index is 11.2. The van der Waals surface area contributed by atoms with E-state index >= 15 is 0 Å². The first-order valence-corrected chi connectivity index (χ1v) is 11.1. The summed E-state index contributed by atoms with van der Waals surface area (Å²) in [6, 6.07) is 3.88. The summed E-state index contributed by atoms with van der Waals surface area (Å²) in [6.45, 7) is 8.74. The number of guanidine groups is 1. The Morgan fingerprint density at radius 3 is 2.75 bits per heavy atom. The van der Waals surface area contributed by atoms with Gasteiger partial charge in [-0.2, -0.15) is 0 Å². The highest BCUT2D eigenvalue weighted by Gasteiger charge is 2.24. The summed E-state index contributed by atoms with van der Waals surface area (Å²) in [6.07, 6.45) is 3.91. The first-order chi connectivity index (χ1) is 13.4. The lowest BCUT2D eigenvalue weighted by atomic mass is 9.96. The Morgan fingerprint density at radius 2 is 2.14 bits per heavy atom. The van der Waals surface area contributed by atoms with Crippen molar-refractivity contribution in [3.63, 3.8) is 0 Å². The fourth-order valence-electron chi connectivity index (χ4n) is 3.35. The number of nitrogens with one attached hydrogen (secondary N) is 2. The molecule has 0 radical (unpaired) electrons. The minimum absolute atomic E-state index is 0.0585. The number of rotatable bonds is 10. The van der Waals surface area contributed by atoms with Gasteiger partial charge < -0.3 is 26.4 Å². The van der Waals surface area contributed by atoms with Crippen LogP contribution in [0.4, 0.5) is 0 Å². The average Bonchev–Trinajstić information content (AvgIpc) is 3.22. The zero-order valence-corrected chi connectivity index (χ0v) is 17.9. The third-order valence-corrected chi connectivity index (χ3v) is 6.25. The Labute approximate surface area is 172 Å². The van der Waals surface area contributed by atoms with E-state index < -0.39 is 5.60 Å². The van der Waals surface area contributed by atoms with E-state index in [1.807, 2.05) is 24.4 Å². The molecule has 8 heteroatoms. The molecule has 1 saturated heterocycles. The topological polar surface area (TPSA) is 103 Å². The molecule has 0 spiro atoms. The number of carbonyl (C=O) groups excluding carboxylic acids is 1. The Hall–Kier alpha value is -1.64. The zero-order chi connectivity index (χ0) is 20.4. The van der Waals surface area contributed by atoms with Crippen molar-refractivity contribution in [3.8, 4) is 0 Å². The van der Waals surface area contributed by atoms with Gasteiger partial charge in [-0.05, 0) is 70.6 Å². The molecule has 1 aromatic rings. The van der Waals surface area contributed by atoms with E-state index in [9.17, 15) is 9.90 Å². The number of piperidine rings is 1. The molecule has 1 aromatic heterocycles. The average molecular weight is 410 g/mol. The van der Waals surface area contributed by atoms with Gasteiger partial charge in [0, 0.05) is 23.9 Å². The smallest absolute Gasteiger partial charge is 0.220 e. The predicted molar refractivity (Wildman–Crippen MR) is 115 cm³/mol. The van der Waals surface area contributed by atoms with Crippen LogP contribution in [0.25, 0.3) is 0 Å². The van der Waals surface area contributed by atoms with Crippen molar-refractivity contribution in [1.82, 2.24) is 15.5 Å². The summed E-state index contributed by atoms with van der Waals surface area (Å²) in [5.74, 6) is 0.641. The Balaban J connectivity index is 1.67. The molecule has 0 aliphatic carbocycles. The molecule has 1 aliphatic heterocycles. The highest BCUT2D eigenvalue weighted by atomic mass is 32.1. The number of unbranched alkanes of at least 4 members (excludes halogenated alkanes) is 1. The van der Waals surface area contributed by atoms with Gasteiger partial charge in [0.1, 0.15) is 5.60 Å². The molecule has 28 heavy (non-hydrogen) atoms. The van der Waals surface area contributed by atoms with E-state index in [1.54, 1.807) is 18.3 Å². The van der Waals surface area contributed by atoms with Gasteiger partial charge in [-0.3, -0.25) is 4.79 Å². The number of aliphatic imine (C=N–C) groups is 1. The maximum atomic E-state index is 11.2. The molecule has 1 unspecified atom stereocenters. The second kappa shape index (κ2) is 11.4. The summed E-state index contributed by atoms with van der Waals surface area (Å²) >= 11 is 1.54. The second-order valence-electron chi connectivity index (χ2n) is 7.60. The summed E-state index contributed by atoms with van der Waals surface area (Å²) in [4.78, 5) is 19.1. The molecular weight excluding hydrogens is 374 g/mol. The Morgan fingerprint density at radius 1 is 1.39 bits per heavy atom. The predicted octanol–water partition coefficient (Wildman–Crippen LogP) is 1.49. The molecule has 0 saturated carbocycles. The summed E-state index contributed by atoms with van der Waals surface area (Å²) < 4.78 is 0. The molecule has 0 bridgehead atoms. The van der Waals surface area contributed by atoms with Crippen LogP contribution in [0.15, 0.2) is 22.5 Å². The fraction of sp³-hybridized carbons (Fsp3) is 0.700. The number of nitrogens with zero attached hydrogens (tertiary/aromatic N) is 2. The van der Waals surface area contributed by atoms with E-state index in [2.05, 4.69) is 20.5 Å². The molecule has 1 aliphatic rings. The largest absolute Gasteiger partial charge is 0.383 e. The van der Waals surface area contributed by atoms with Crippen LogP contribution in [0.3, 0.4) is 0 Å². The van der Waals surface area contributed by atoms with Crippen molar-refractivity contribution >= 4 is 23.2 Å². The number of hydrogen-bond donors (Lipinski definition) is 4. The maximum Gasteiger partial charge on any atom is 0.220 e. The van der Waals surface area contributed by atoms with E-state index in [4.69, 9.17) is 5.73 Å². The number of aliphatic hydroxyl groups is 1. The highest BCUT2D eigenvalue weighted by molar-refractivity contribution is 7.10. The quantitative estimate of drug-likeness (QED) is 0.266. The van der Waals surface area contributed by atoms with Gasteiger partial charge in [-0.1, -0.05) is 6.07 Å².